The van der Waals surface area contributed by atoms with Gasteiger partial charge in [0.05, 0.1) is 5.69 Å². The Balaban J connectivity index is 1.75. The van der Waals surface area contributed by atoms with Crippen LogP contribution in [0, 0.1) is 20.8 Å². The molecular formula is C16H20N2O. The van der Waals surface area contributed by atoms with Gasteiger partial charge in [0.25, 0.3) is 0 Å². The topological polar surface area (TPSA) is 38.1 Å². The van der Waals surface area contributed by atoms with Crippen molar-refractivity contribution in [3.05, 3.63) is 51.9 Å². The lowest BCUT2D eigenvalue weighted by Crippen LogP contribution is -2.19. The van der Waals surface area contributed by atoms with Crippen molar-refractivity contribution >= 4 is 0 Å². The Morgan fingerprint density at radius 3 is 2.89 bits per heavy atom. The fourth-order valence-corrected chi connectivity index (χ4v) is 2.91. The van der Waals surface area contributed by atoms with Crippen LogP contribution in [-0.4, -0.2) is 5.16 Å². The Morgan fingerprint density at radius 1 is 1.32 bits per heavy atom. The van der Waals surface area contributed by atoms with Gasteiger partial charge in [0, 0.05) is 18.2 Å². The quantitative estimate of drug-likeness (QED) is 0.915. The van der Waals surface area contributed by atoms with Gasteiger partial charge in [0.1, 0.15) is 5.76 Å². The van der Waals surface area contributed by atoms with Crippen molar-refractivity contribution in [1.29, 1.82) is 0 Å². The lowest BCUT2D eigenvalue weighted by molar-refractivity contribution is 0.391. The molecule has 0 amide bonds. The minimum Gasteiger partial charge on any atom is -0.361 e. The number of nitrogens with zero attached hydrogens (tertiary/aromatic N) is 1. The van der Waals surface area contributed by atoms with E-state index in [4.69, 9.17) is 4.52 Å². The highest BCUT2D eigenvalue weighted by atomic mass is 16.5. The first kappa shape index (κ1) is 12.4. The lowest BCUT2D eigenvalue weighted by atomic mass is 10.0. The molecule has 1 aromatic carbocycles. The van der Waals surface area contributed by atoms with Crippen LogP contribution in [0.15, 0.2) is 22.7 Å². The Hall–Kier alpha value is -1.61. The van der Waals surface area contributed by atoms with Crippen LogP contribution in [-0.2, 0) is 13.0 Å². The minimum atomic E-state index is 0.462. The average molecular weight is 256 g/mol. The van der Waals surface area contributed by atoms with Crippen molar-refractivity contribution in [3.8, 4) is 0 Å². The van der Waals surface area contributed by atoms with Gasteiger partial charge in [-0.25, -0.2) is 0 Å². The summed E-state index contributed by atoms with van der Waals surface area (Å²) in [5.74, 6) is 0.924. The first-order valence-electron chi connectivity index (χ1n) is 6.89. The molecule has 1 aromatic heterocycles. The van der Waals surface area contributed by atoms with Gasteiger partial charge in [-0.2, -0.15) is 0 Å². The highest BCUT2D eigenvalue weighted by Crippen LogP contribution is 2.32. The summed E-state index contributed by atoms with van der Waals surface area (Å²) in [6.45, 7) is 6.97. The second kappa shape index (κ2) is 4.82. The van der Waals surface area contributed by atoms with E-state index in [0.29, 0.717) is 6.04 Å². The Bertz CT molecular complexity index is 581. The number of hydrogen-bond donors (Lipinski definition) is 1. The van der Waals surface area contributed by atoms with E-state index in [1.807, 2.05) is 13.8 Å². The lowest BCUT2D eigenvalue weighted by Gasteiger charge is -2.14. The van der Waals surface area contributed by atoms with Gasteiger partial charge < -0.3 is 9.84 Å². The predicted octanol–water partition coefficient (Wildman–Crippen LogP) is 3.38. The number of aromatic nitrogens is 1. The summed E-state index contributed by atoms with van der Waals surface area (Å²) in [6, 6.07) is 7.24. The highest BCUT2D eigenvalue weighted by molar-refractivity contribution is 5.37. The van der Waals surface area contributed by atoms with Crippen LogP contribution in [0.4, 0.5) is 0 Å². The molecule has 0 bridgehead atoms. The Kier molecular flexibility index (Phi) is 3.15. The van der Waals surface area contributed by atoms with E-state index in [2.05, 4.69) is 35.6 Å². The summed E-state index contributed by atoms with van der Waals surface area (Å²) in [5, 5.41) is 7.65. The standard InChI is InChI=1S/C16H20N2O/c1-10-4-5-13-6-7-16(14(13)8-10)17-9-15-11(2)18-19-12(15)3/h4-5,8,16-17H,6-7,9H2,1-3H3. The molecule has 1 unspecified atom stereocenters. The van der Waals surface area contributed by atoms with Gasteiger partial charge >= 0.3 is 0 Å². The predicted molar refractivity (Wildman–Crippen MR) is 75.1 cm³/mol. The molecule has 0 spiro atoms. The maximum Gasteiger partial charge on any atom is 0.138 e. The third-order valence-electron chi connectivity index (χ3n) is 4.09. The number of fused-ring (bicyclic) bond motifs is 1. The van der Waals surface area contributed by atoms with E-state index in [1.165, 1.54) is 35.1 Å². The van der Waals surface area contributed by atoms with Crippen molar-refractivity contribution in [3.63, 3.8) is 0 Å². The number of hydrogen-bond acceptors (Lipinski definition) is 3. The number of aryl methyl sites for hydroxylation is 4. The van der Waals surface area contributed by atoms with Gasteiger partial charge in [-0.05, 0) is 44.7 Å². The molecule has 0 aliphatic heterocycles. The molecule has 3 heteroatoms. The summed E-state index contributed by atoms with van der Waals surface area (Å²) < 4.78 is 5.21. The van der Waals surface area contributed by atoms with E-state index >= 15 is 0 Å². The molecule has 0 fully saturated rings. The maximum absolute atomic E-state index is 5.21. The molecule has 3 nitrogen and oxygen atoms in total. The molecule has 100 valence electrons. The smallest absolute Gasteiger partial charge is 0.138 e. The Morgan fingerprint density at radius 2 is 2.16 bits per heavy atom. The maximum atomic E-state index is 5.21. The first-order chi connectivity index (χ1) is 9.15. The molecule has 1 heterocycles. The van der Waals surface area contributed by atoms with Crippen LogP contribution in [0.2, 0.25) is 0 Å². The van der Waals surface area contributed by atoms with Crippen LogP contribution in [0.25, 0.3) is 0 Å². The SMILES string of the molecule is Cc1ccc2c(c1)C(NCc1c(C)noc1C)CC2. The zero-order valence-electron chi connectivity index (χ0n) is 11.8. The molecule has 1 atom stereocenters. The van der Waals surface area contributed by atoms with Crippen molar-refractivity contribution < 1.29 is 4.52 Å². The third kappa shape index (κ3) is 2.30. The zero-order valence-corrected chi connectivity index (χ0v) is 11.8. The molecule has 0 radical (unpaired) electrons. The molecule has 19 heavy (non-hydrogen) atoms. The largest absolute Gasteiger partial charge is 0.361 e. The summed E-state index contributed by atoms with van der Waals surface area (Å²) in [4.78, 5) is 0. The fraction of sp³-hybridized carbons (Fsp3) is 0.438. The van der Waals surface area contributed by atoms with E-state index in [9.17, 15) is 0 Å². The van der Waals surface area contributed by atoms with Crippen LogP contribution >= 0.6 is 0 Å². The second-order valence-electron chi connectivity index (χ2n) is 5.48. The van der Waals surface area contributed by atoms with Crippen molar-refractivity contribution in [2.24, 2.45) is 0 Å². The third-order valence-corrected chi connectivity index (χ3v) is 4.09. The molecular weight excluding hydrogens is 236 g/mol. The molecule has 1 N–H and O–H groups in total. The zero-order chi connectivity index (χ0) is 13.4. The average Bonchev–Trinajstić information content (AvgIpc) is 2.92. The van der Waals surface area contributed by atoms with Crippen LogP contribution in [0.5, 0.6) is 0 Å². The minimum absolute atomic E-state index is 0.462. The fourth-order valence-electron chi connectivity index (χ4n) is 2.91. The second-order valence-corrected chi connectivity index (χ2v) is 5.48. The van der Waals surface area contributed by atoms with E-state index in [0.717, 1.165) is 18.0 Å². The van der Waals surface area contributed by atoms with Crippen molar-refractivity contribution in [2.75, 3.05) is 0 Å². The van der Waals surface area contributed by atoms with Gasteiger partial charge in [0.2, 0.25) is 0 Å². The van der Waals surface area contributed by atoms with Gasteiger partial charge in [-0.3, -0.25) is 0 Å². The molecule has 0 saturated heterocycles. The van der Waals surface area contributed by atoms with Gasteiger partial charge in [0.15, 0.2) is 0 Å². The van der Waals surface area contributed by atoms with Gasteiger partial charge in [-0.1, -0.05) is 28.9 Å². The molecule has 1 aliphatic carbocycles. The van der Waals surface area contributed by atoms with Crippen LogP contribution < -0.4 is 5.32 Å². The van der Waals surface area contributed by atoms with Crippen molar-refractivity contribution in [1.82, 2.24) is 10.5 Å². The van der Waals surface area contributed by atoms with Crippen LogP contribution in [0.3, 0.4) is 0 Å². The molecule has 3 rings (SSSR count). The normalized spacial score (nSPS) is 17.7. The summed E-state index contributed by atoms with van der Waals surface area (Å²) >= 11 is 0. The highest BCUT2D eigenvalue weighted by Gasteiger charge is 2.22. The molecule has 0 saturated carbocycles. The van der Waals surface area contributed by atoms with E-state index in [1.54, 1.807) is 0 Å². The van der Waals surface area contributed by atoms with E-state index in [-0.39, 0.29) is 0 Å². The van der Waals surface area contributed by atoms with Crippen LogP contribution in [0.1, 0.15) is 46.2 Å². The Labute approximate surface area is 114 Å². The number of nitrogens with one attached hydrogen (secondary N) is 1. The number of rotatable bonds is 3. The van der Waals surface area contributed by atoms with E-state index < -0.39 is 0 Å². The summed E-state index contributed by atoms with van der Waals surface area (Å²) in [6.07, 6.45) is 2.36. The summed E-state index contributed by atoms with van der Waals surface area (Å²) in [5.41, 5.74) is 6.48. The molecule has 1 aliphatic rings. The monoisotopic (exact) mass is 256 g/mol. The van der Waals surface area contributed by atoms with Gasteiger partial charge in [-0.15, -0.1) is 0 Å². The molecule has 2 aromatic rings. The number of benzene rings is 1. The first-order valence-corrected chi connectivity index (χ1v) is 6.89. The summed E-state index contributed by atoms with van der Waals surface area (Å²) in [7, 11) is 0. The van der Waals surface area contributed by atoms with Crippen molar-refractivity contribution in [2.45, 2.75) is 46.2 Å².